The summed E-state index contributed by atoms with van der Waals surface area (Å²) in [6.07, 6.45) is 6.36. The van der Waals surface area contributed by atoms with E-state index in [2.05, 4.69) is 33.7 Å². The van der Waals surface area contributed by atoms with Crippen LogP contribution in [-0.4, -0.2) is 42.9 Å². The first-order valence-corrected chi connectivity index (χ1v) is 14.2. The molecule has 9 heteroatoms. The second-order valence-corrected chi connectivity index (χ2v) is 11.4. The lowest BCUT2D eigenvalue weighted by atomic mass is 9.96. The lowest BCUT2D eigenvalue weighted by Crippen LogP contribution is -2.35. The quantitative estimate of drug-likeness (QED) is 0.352. The van der Waals surface area contributed by atoms with Gasteiger partial charge in [-0.1, -0.05) is 18.2 Å². The molecule has 2 aromatic heterocycles. The molecule has 4 aromatic rings. The van der Waals surface area contributed by atoms with E-state index in [0.717, 1.165) is 65.6 Å². The van der Waals surface area contributed by atoms with Crippen LogP contribution in [0.1, 0.15) is 70.8 Å². The van der Waals surface area contributed by atoms with E-state index in [0.29, 0.717) is 41.8 Å². The molecule has 1 aliphatic heterocycles. The fourth-order valence-corrected chi connectivity index (χ4v) is 6.07. The Morgan fingerprint density at radius 1 is 1.05 bits per heavy atom. The summed E-state index contributed by atoms with van der Waals surface area (Å²) in [5, 5.41) is 31.6. The van der Waals surface area contributed by atoms with Crippen LogP contribution in [0, 0.1) is 11.3 Å². The molecule has 2 aliphatic carbocycles. The maximum Gasteiger partial charge on any atom is 0.260 e. The molecule has 41 heavy (non-hydrogen) atoms. The Morgan fingerprint density at radius 3 is 2.66 bits per heavy atom. The lowest BCUT2D eigenvalue weighted by molar-refractivity contribution is 0.0995. The van der Waals surface area contributed by atoms with Crippen molar-refractivity contribution in [3.63, 3.8) is 0 Å². The maximum atomic E-state index is 13.8. The molecular formula is C32H31N7O2. The van der Waals surface area contributed by atoms with Crippen molar-refractivity contribution >= 4 is 11.7 Å². The molecule has 2 saturated carbocycles. The zero-order valence-electron chi connectivity index (χ0n) is 22.9. The number of aryl methyl sites for hydroxylation is 1. The van der Waals surface area contributed by atoms with Gasteiger partial charge >= 0.3 is 0 Å². The highest BCUT2D eigenvalue weighted by Gasteiger charge is 2.33. The van der Waals surface area contributed by atoms with Gasteiger partial charge in [-0.3, -0.25) is 9.69 Å². The van der Waals surface area contributed by atoms with Gasteiger partial charge in [-0.25, -0.2) is 4.98 Å². The number of amides is 1. The molecule has 3 heterocycles. The van der Waals surface area contributed by atoms with Crippen molar-refractivity contribution in [2.75, 3.05) is 4.90 Å². The molecule has 0 bridgehead atoms. The maximum absolute atomic E-state index is 13.8. The Labute approximate surface area is 238 Å². The second kappa shape index (κ2) is 10.2. The van der Waals surface area contributed by atoms with Gasteiger partial charge in [0.15, 0.2) is 5.82 Å². The predicted octanol–water partition coefficient (Wildman–Crippen LogP) is 4.46. The van der Waals surface area contributed by atoms with Crippen molar-refractivity contribution in [1.29, 1.82) is 5.26 Å². The van der Waals surface area contributed by atoms with Crippen LogP contribution in [0.4, 0.5) is 5.82 Å². The number of nitrogens with zero attached hydrogens (tertiary/aromatic N) is 6. The number of fused-ring (bicyclic) bond motifs is 1. The molecule has 0 saturated heterocycles. The molecule has 2 N–H and O–H groups in total. The Balaban J connectivity index is 1.23. The van der Waals surface area contributed by atoms with Crippen LogP contribution in [0.3, 0.4) is 0 Å². The van der Waals surface area contributed by atoms with Crippen molar-refractivity contribution in [2.45, 2.75) is 63.3 Å². The fourth-order valence-electron chi connectivity index (χ4n) is 6.07. The predicted molar refractivity (Wildman–Crippen MR) is 154 cm³/mol. The Bertz CT molecular complexity index is 1700. The number of hydrogen-bond donors (Lipinski definition) is 2. The van der Waals surface area contributed by atoms with Gasteiger partial charge in [0, 0.05) is 42.4 Å². The molecule has 2 fully saturated rings. The molecule has 2 aromatic carbocycles. The van der Waals surface area contributed by atoms with Gasteiger partial charge in [0.25, 0.3) is 5.91 Å². The first-order chi connectivity index (χ1) is 20.0. The van der Waals surface area contributed by atoms with Gasteiger partial charge in [-0.2, -0.15) is 5.26 Å². The monoisotopic (exact) mass is 545 g/mol. The zero-order chi connectivity index (χ0) is 28.1. The average molecular weight is 546 g/mol. The third-order valence-electron chi connectivity index (χ3n) is 8.54. The number of aliphatic hydroxyl groups excluding tert-OH is 1. The van der Waals surface area contributed by atoms with Crippen LogP contribution in [0.25, 0.3) is 22.5 Å². The Morgan fingerprint density at radius 2 is 1.93 bits per heavy atom. The smallest absolute Gasteiger partial charge is 0.260 e. The molecule has 3 aliphatic rings. The van der Waals surface area contributed by atoms with Crippen LogP contribution < -0.4 is 10.2 Å². The first-order valence-electron chi connectivity index (χ1n) is 14.2. The number of anilines is 1. The summed E-state index contributed by atoms with van der Waals surface area (Å²) in [7, 11) is 1.88. The van der Waals surface area contributed by atoms with Crippen molar-refractivity contribution in [2.24, 2.45) is 7.05 Å². The van der Waals surface area contributed by atoms with Crippen molar-refractivity contribution in [3.05, 3.63) is 82.8 Å². The van der Waals surface area contributed by atoms with Gasteiger partial charge in [0.05, 0.1) is 24.3 Å². The number of aromatic nitrogens is 4. The third kappa shape index (κ3) is 4.79. The number of pyridine rings is 1. The van der Waals surface area contributed by atoms with Gasteiger partial charge in [-0.05, 0) is 84.7 Å². The van der Waals surface area contributed by atoms with Gasteiger partial charge < -0.3 is 15.0 Å². The number of hydrogen-bond acceptors (Lipinski definition) is 7. The number of nitrogens with one attached hydrogen (secondary N) is 1. The normalized spacial score (nSPS) is 19.9. The third-order valence-corrected chi connectivity index (χ3v) is 8.54. The van der Waals surface area contributed by atoms with Crippen LogP contribution in [-0.2, 0) is 20.1 Å². The van der Waals surface area contributed by atoms with E-state index in [4.69, 9.17) is 4.98 Å². The van der Waals surface area contributed by atoms with Gasteiger partial charge in [0.2, 0.25) is 0 Å². The van der Waals surface area contributed by atoms with E-state index in [-0.39, 0.29) is 18.1 Å². The molecule has 0 unspecified atom stereocenters. The largest absolute Gasteiger partial charge is 0.392 e. The van der Waals surface area contributed by atoms with Crippen molar-refractivity contribution < 1.29 is 9.90 Å². The fraction of sp³-hybridized carbons (Fsp3) is 0.344. The van der Waals surface area contributed by atoms with E-state index < -0.39 is 0 Å². The van der Waals surface area contributed by atoms with Crippen molar-refractivity contribution in [1.82, 2.24) is 25.1 Å². The molecule has 206 valence electrons. The second-order valence-electron chi connectivity index (χ2n) is 11.4. The van der Waals surface area contributed by atoms with Crippen molar-refractivity contribution in [3.8, 4) is 28.6 Å². The van der Waals surface area contributed by atoms with Crippen LogP contribution >= 0.6 is 0 Å². The summed E-state index contributed by atoms with van der Waals surface area (Å²) in [6, 6.07) is 18.1. The topological polar surface area (TPSA) is 120 Å². The minimum absolute atomic E-state index is 0.0532. The molecule has 9 nitrogen and oxygen atoms in total. The molecule has 7 rings (SSSR count). The molecular weight excluding hydrogens is 514 g/mol. The number of nitriles is 1. The van der Waals surface area contributed by atoms with E-state index in [1.54, 1.807) is 11.2 Å². The molecule has 0 radical (unpaired) electrons. The summed E-state index contributed by atoms with van der Waals surface area (Å²) in [6.45, 7) is 1.08. The minimum Gasteiger partial charge on any atom is -0.392 e. The van der Waals surface area contributed by atoms with Crippen LogP contribution in [0.2, 0.25) is 0 Å². The summed E-state index contributed by atoms with van der Waals surface area (Å²) in [5.41, 5.74) is 6.90. The number of rotatable bonds is 7. The summed E-state index contributed by atoms with van der Waals surface area (Å²) < 4.78 is 1.84. The van der Waals surface area contributed by atoms with Gasteiger partial charge in [-0.15, -0.1) is 10.2 Å². The van der Waals surface area contributed by atoms with Gasteiger partial charge in [0.1, 0.15) is 12.1 Å². The van der Waals surface area contributed by atoms with E-state index in [1.807, 2.05) is 48.0 Å². The number of carbonyl (C=O) groups is 1. The summed E-state index contributed by atoms with van der Waals surface area (Å²) >= 11 is 0. The summed E-state index contributed by atoms with van der Waals surface area (Å²) in [4.78, 5) is 20.5. The van der Waals surface area contributed by atoms with E-state index in [1.165, 1.54) is 0 Å². The Hall–Kier alpha value is -4.39. The average Bonchev–Trinajstić information content (AvgIpc) is 3.51. The molecule has 2 atom stereocenters. The highest BCUT2D eigenvalue weighted by Crippen LogP contribution is 2.43. The van der Waals surface area contributed by atoms with E-state index >= 15 is 0 Å². The number of carbonyl (C=O) groups excluding carboxylic acids is 1. The number of aliphatic hydroxyl groups is 1. The zero-order valence-corrected chi connectivity index (χ0v) is 22.9. The highest BCUT2D eigenvalue weighted by molar-refractivity contribution is 6.10. The summed E-state index contributed by atoms with van der Waals surface area (Å²) in [5.74, 6) is 1.63. The van der Waals surface area contributed by atoms with Crippen LogP contribution in [0.15, 0.2) is 54.9 Å². The lowest BCUT2D eigenvalue weighted by Gasteiger charge is -2.18. The van der Waals surface area contributed by atoms with E-state index in [9.17, 15) is 15.2 Å². The molecule has 1 amide bonds. The molecule has 0 spiro atoms. The Kier molecular flexibility index (Phi) is 6.37. The SMILES string of the molecule is Cn1cnnc1-c1cc(C#N)ccc1-c1cc(C2CC2)nc(N2Cc3ccc(CN[C@@H]4CCC[C@@H]4O)cc3C2=O)c1. The number of benzene rings is 2. The minimum atomic E-state index is -0.300. The first kappa shape index (κ1) is 25.6. The van der Waals surface area contributed by atoms with Crippen LogP contribution in [0.5, 0.6) is 0 Å². The standard InChI is InChI=1S/C32H31N7O2/c1-38-18-35-37-31(38)26-11-19(15-33)6-10-24(26)23-13-28(21-8-9-21)36-30(14-23)39-17-22-7-5-20(12-25(22)32(39)41)16-34-27-3-2-4-29(27)40/h5-7,10-14,18,21,27,29,34,40H,2-4,8-9,16-17H2,1H3/t27-,29+/m1/s1. The highest BCUT2D eigenvalue weighted by atomic mass is 16.3.